The minimum Gasteiger partial charge on any atom is -0.385 e. The minimum absolute atomic E-state index is 0.0893. The van der Waals surface area contributed by atoms with Gasteiger partial charge in [0.25, 0.3) is 17.7 Å². The molecular weight excluding hydrogens is 711 g/mol. The number of hydrogen-bond donors (Lipinski definition) is 4. The van der Waals surface area contributed by atoms with Crippen LogP contribution < -0.4 is 16.0 Å². The van der Waals surface area contributed by atoms with Gasteiger partial charge < -0.3 is 15.6 Å². The molecule has 6 heterocycles. The number of nitrogens with zero attached hydrogens (tertiary/aromatic N) is 5. The van der Waals surface area contributed by atoms with Crippen molar-refractivity contribution in [1.29, 1.82) is 0 Å². The van der Waals surface area contributed by atoms with Crippen molar-refractivity contribution in [3.8, 4) is 0 Å². The first-order chi connectivity index (χ1) is 27.1. The van der Waals surface area contributed by atoms with Crippen molar-refractivity contribution in [1.82, 2.24) is 34.9 Å². The van der Waals surface area contributed by atoms with E-state index in [0.29, 0.717) is 17.4 Å². The molecule has 2 fully saturated rings. The maximum absolute atomic E-state index is 13.4. The molecule has 56 heavy (non-hydrogen) atoms. The van der Waals surface area contributed by atoms with E-state index in [9.17, 15) is 24.0 Å². The topological polar surface area (TPSA) is 174 Å². The van der Waals surface area contributed by atoms with Crippen molar-refractivity contribution in [2.24, 2.45) is 0 Å². The number of H-pyrrole nitrogens is 1. The zero-order valence-corrected chi connectivity index (χ0v) is 31.8. The Labute approximate surface area is 324 Å². The average Bonchev–Trinajstić information content (AvgIpc) is 3.94. The number of aromatic amines is 1. The number of nitrogens with one attached hydrogen (secondary N) is 4. The quantitative estimate of drug-likeness (QED) is 0.0772. The van der Waals surface area contributed by atoms with Crippen molar-refractivity contribution < 1.29 is 24.0 Å². The van der Waals surface area contributed by atoms with Crippen LogP contribution in [0.4, 0.5) is 11.5 Å². The van der Waals surface area contributed by atoms with Gasteiger partial charge in [0.2, 0.25) is 11.8 Å². The van der Waals surface area contributed by atoms with Gasteiger partial charge in [-0.25, -0.2) is 4.98 Å². The molecule has 14 heteroatoms. The number of carbonyl (C=O) groups is 5. The van der Waals surface area contributed by atoms with Gasteiger partial charge >= 0.3 is 0 Å². The summed E-state index contributed by atoms with van der Waals surface area (Å²) in [5, 5.41) is 15.4. The Morgan fingerprint density at radius 1 is 0.893 bits per heavy atom. The minimum atomic E-state index is -0.973. The fourth-order valence-corrected chi connectivity index (χ4v) is 8.35. The van der Waals surface area contributed by atoms with Crippen LogP contribution in [0.2, 0.25) is 0 Å². The molecule has 2 atom stereocenters. The lowest BCUT2D eigenvalue weighted by atomic mass is 10.0. The van der Waals surface area contributed by atoms with Crippen LogP contribution >= 0.6 is 0 Å². The van der Waals surface area contributed by atoms with E-state index in [1.54, 1.807) is 18.2 Å². The van der Waals surface area contributed by atoms with Crippen LogP contribution in [-0.2, 0) is 16.1 Å². The van der Waals surface area contributed by atoms with E-state index in [0.717, 1.165) is 103 Å². The molecule has 4 N–H and O–H groups in total. The molecule has 1 unspecified atom stereocenters. The number of aromatic nitrogens is 4. The molecule has 5 aromatic rings. The number of pyridine rings is 1. The summed E-state index contributed by atoms with van der Waals surface area (Å²) < 4.78 is 2.01. The van der Waals surface area contributed by atoms with Crippen LogP contribution in [0.3, 0.4) is 0 Å². The zero-order chi connectivity index (χ0) is 38.9. The number of aryl methyl sites for hydroxylation is 2. The van der Waals surface area contributed by atoms with Crippen molar-refractivity contribution in [2.75, 3.05) is 30.8 Å². The van der Waals surface area contributed by atoms with Gasteiger partial charge in [-0.3, -0.25) is 43.8 Å². The first-order valence-electron chi connectivity index (χ1n) is 19.7. The monoisotopic (exact) mass is 757 g/mol. The van der Waals surface area contributed by atoms with Crippen LogP contribution in [0, 0.1) is 6.92 Å². The predicted molar refractivity (Wildman–Crippen MR) is 212 cm³/mol. The molecule has 0 saturated carbocycles. The Balaban J connectivity index is 0.778. The number of benzene rings is 2. The van der Waals surface area contributed by atoms with Crippen LogP contribution in [0.25, 0.3) is 21.8 Å². The molecule has 290 valence electrons. The summed E-state index contributed by atoms with van der Waals surface area (Å²) in [6.07, 6.45) is 10.6. The lowest BCUT2D eigenvalue weighted by molar-refractivity contribution is -0.136. The number of unbranched alkanes of at least 4 members (excludes halogenated alkanes) is 5. The molecule has 0 bridgehead atoms. The summed E-state index contributed by atoms with van der Waals surface area (Å²) in [4.78, 5) is 74.7. The Morgan fingerprint density at radius 3 is 2.50 bits per heavy atom. The van der Waals surface area contributed by atoms with Gasteiger partial charge in [0.1, 0.15) is 11.9 Å². The third-order valence-electron chi connectivity index (χ3n) is 11.4. The summed E-state index contributed by atoms with van der Waals surface area (Å²) in [5.74, 6) is -1.73. The van der Waals surface area contributed by atoms with E-state index in [2.05, 4.69) is 43.9 Å². The van der Waals surface area contributed by atoms with Crippen molar-refractivity contribution in [2.45, 2.75) is 89.8 Å². The van der Waals surface area contributed by atoms with Crippen LogP contribution in [-0.4, -0.2) is 85.3 Å². The number of fused-ring (bicyclic) bond motifs is 3. The van der Waals surface area contributed by atoms with Gasteiger partial charge in [-0.2, -0.15) is 5.10 Å². The normalized spacial score (nSPS) is 18.6. The highest BCUT2D eigenvalue weighted by Crippen LogP contribution is 2.33. The van der Waals surface area contributed by atoms with Gasteiger partial charge in [-0.15, -0.1) is 0 Å². The molecule has 3 aliphatic rings. The number of anilines is 2. The van der Waals surface area contributed by atoms with Crippen molar-refractivity contribution in [3.63, 3.8) is 0 Å². The largest absolute Gasteiger partial charge is 0.385 e. The molecule has 3 aliphatic heterocycles. The molecular formula is C42H47N9O5. The second-order valence-electron chi connectivity index (χ2n) is 15.3. The highest BCUT2D eigenvalue weighted by molar-refractivity contribution is 6.23. The van der Waals surface area contributed by atoms with Gasteiger partial charge in [0.05, 0.1) is 27.9 Å². The summed E-state index contributed by atoms with van der Waals surface area (Å²) >= 11 is 0. The Hall–Kier alpha value is -5.89. The SMILES string of the molecule is Cc1nn(CCCCCCCCNc2ccc3c(c2)C(=O)N(C2CCC(=O)NC2=O)C3=O)c2cc(C(=O)Nc3cc4[nH]c([C@H]5CCCN5C)cc4cn3)ccc12. The molecule has 3 aromatic heterocycles. The number of rotatable bonds is 14. The second kappa shape index (κ2) is 15.7. The van der Waals surface area contributed by atoms with Crippen LogP contribution in [0.1, 0.15) is 113 Å². The van der Waals surface area contributed by atoms with Gasteiger partial charge in [0.15, 0.2) is 0 Å². The molecule has 0 radical (unpaired) electrons. The first-order valence-corrected chi connectivity index (χ1v) is 19.7. The number of hydrogen-bond acceptors (Lipinski definition) is 9. The van der Waals surface area contributed by atoms with E-state index in [1.165, 1.54) is 12.1 Å². The van der Waals surface area contributed by atoms with Gasteiger partial charge in [-0.1, -0.05) is 31.7 Å². The van der Waals surface area contributed by atoms with E-state index in [-0.39, 0.29) is 29.9 Å². The molecule has 0 aliphatic carbocycles. The smallest absolute Gasteiger partial charge is 0.262 e. The van der Waals surface area contributed by atoms with Gasteiger partial charge in [-0.05, 0) is 89.0 Å². The fraction of sp³-hybridized carbons (Fsp3) is 0.405. The maximum atomic E-state index is 13.4. The fourth-order valence-electron chi connectivity index (χ4n) is 8.35. The molecule has 0 spiro atoms. The third-order valence-corrected chi connectivity index (χ3v) is 11.4. The predicted octanol–water partition coefficient (Wildman–Crippen LogP) is 6.09. The lowest BCUT2D eigenvalue weighted by Gasteiger charge is -2.27. The Morgan fingerprint density at radius 2 is 1.70 bits per heavy atom. The third kappa shape index (κ3) is 7.40. The van der Waals surface area contributed by atoms with E-state index < -0.39 is 29.7 Å². The first kappa shape index (κ1) is 37.1. The Bertz CT molecular complexity index is 2360. The summed E-state index contributed by atoms with van der Waals surface area (Å²) in [6.45, 7) is 4.58. The molecule has 14 nitrogen and oxygen atoms in total. The maximum Gasteiger partial charge on any atom is 0.262 e. The average molecular weight is 758 g/mol. The van der Waals surface area contributed by atoms with E-state index >= 15 is 0 Å². The van der Waals surface area contributed by atoms with E-state index in [1.807, 2.05) is 42.1 Å². The number of likely N-dealkylation sites (tertiary alicyclic amines) is 1. The van der Waals surface area contributed by atoms with Crippen LogP contribution in [0.5, 0.6) is 0 Å². The van der Waals surface area contributed by atoms with E-state index in [4.69, 9.17) is 5.10 Å². The zero-order valence-electron chi connectivity index (χ0n) is 31.8. The number of imide groups is 2. The standard InChI is InChI=1S/C42H47N9O5/c1-25-29-13-11-26(39(53)46-37-23-32-27(24-44-37)20-33(45-32)34-10-9-18-49(34)2)21-36(29)50(48-25)19-8-6-4-3-5-7-17-43-28-12-14-30-31(22-28)42(56)51(41(30)55)35-15-16-38(52)47-40(35)54/h11-14,20-24,34-35,43,45H,3-10,15-19H2,1-2H3,(H,44,46,53)(H,47,52,54)/t34-,35?/m1/s1. The summed E-state index contributed by atoms with van der Waals surface area (Å²) in [7, 11) is 2.15. The number of piperidine rings is 1. The molecule has 2 aromatic carbocycles. The highest BCUT2D eigenvalue weighted by Gasteiger charge is 2.44. The molecule has 5 amide bonds. The lowest BCUT2D eigenvalue weighted by Crippen LogP contribution is -2.54. The van der Waals surface area contributed by atoms with Gasteiger partial charge in [0, 0.05) is 65.5 Å². The molecule has 2 saturated heterocycles. The second-order valence-corrected chi connectivity index (χ2v) is 15.3. The van der Waals surface area contributed by atoms with Crippen molar-refractivity contribution >= 4 is 62.8 Å². The number of amides is 5. The highest BCUT2D eigenvalue weighted by atomic mass is 16.2. The molecule has 8 rings (SSSR count). The summed E-state index contributed by atoms with van der Waals surface area (Å²) in [5.41, 5.74) is 5.87. The van der Waals surface area contributed by atoms with Crippen molar-refractivity contribution in [3.05, 3.63) is 82.8 Å². The summed E-state index contributed by atoms with van der Waals surface area (Å²) in [6, 6.07) is 14.3. The number of carbonyl (C=O) groups excluding carboxylic acids is 5. The van der Waals surface area contributed by atoms with Crippen LogP contribution in [0.15, 0.2) is 54.7 Å². The Kier molecular flexibility index (Phi) is 10.4.